The Balaban J connectivity index is 2.91. The number of hydrogen-bond donors (Lipinski definition) is 3. The normalized spacial score (nSPS) is 17.7. The quantitative estimate of drug-likeness (QED) is 0.273. The average Bonchev–Trinajstić information content (AvgIpc) is 2.88. The number of rotatable bonds is 5. The van der Waals surface area contributed by atoms with Gasteiger partial charge in [-0.15, -0.1) is 0 Å². The molecule has 1 fully saturated rings. The first-order valence-electron chi connectivity index (χ1n) is 5.74. The summed E-state index contributed by atoms with van der Waals surface area (Å²) in [5, 5.41) is 11.3. The Labute approximate surface area is 111 Å². The molecular weight excluding hydrogens is 276 g/mol. The van der Waals surface area contributed by atoms with Gasteiger partial charge in [-0.1, -0.05) is 18.0 Å². The van der Waals surface area contributed by atoms with Gasteiger partial charge in [-0.2, -0.15) is 12.7 Å². The van der Waals surface area contributed by atoms with Crippen LogP contribution in [0.2, 0.25) is 0 Å². The summed E-state index contributed by atoms with van der Waals surface area (Å²) in [5.41, 5.74) is 5.35. The third-order valence-electron chi connectivity index (χ3n) is 2.88. The summed E-state index contributed by atoms with van der Waals surface area (Å²) >= 11 is 0. The first-order valence-corrected chi connectivity index (χ1v) is 7.18. The van der Waals surface area contributed by atoms with Crippen LogP contribution in [0.5, 0.6) is 0 Å². The Morgan fingerprint density at radius 2 is 2.11 bits per heavy atom. The van der Waals surface area contributed by atoms with Gasteiger partial charge in [0.1, 0.15) is 0 Å². The lowest BCUT2D eigenvalue weighted by Gasteiger charge is -2.26. The van der Waals surface area contributed by atoms with Gasteiger partial charge in [0, 0.05) is 6.04 Å². The summed E-state index contributed by atoms with van der Waals surface area (Å²) in [6.07, 6.45) is 2.04. The van der Waals surface area contributed by atoms with Crippen LogP contribution in [0.15, 0.2) is 5.16 Å². The molecule has 0 aromatic rings. The zero-order valence-electron chi connectivity index (χ0n) is 10.6. The van der Waals surface area contributed by atoms with Gasteiger partial charge in [0.05, 0.1) is 13.7 Å². The standard InChI is InChI=1S/C9H18N4O5S/c1-18-9(14)12-19(16,17)13(6-8(10)11-15)7-4-2-3-5-7/h7,15H,2-6H2,1H3,(H2,10,11)(H,12,14). The Morgan fingerprint density at radius 3 is 2.58 bits per heavy atom. The summed E-state index contributed by atoms with van der Waals surface area (Å²) in [6.45, 7) is -0.284. The zero-order valence-corrected chi connectivity index (χ0v) is 11.4. The predicted octanol–water partition coefficient (Wildman–Crippen LogP) is -0.422. The Bertz CT molecular complexity index is 444. The summed E-state index contributed by atoms with van der Waals surface area (Å²) in [7, 11) is -3.02. The van der Waals surface area contributed by atoms with Gasteiger partial charge >= 0.3 is 16.3 Å². The molecule has 10 heteroatoms. The highest BCUT2D eigenvalue weighted by atomic mass is 32.2. The molecule has 4 N–H and O–H groups in total. The van der Waals surface area contributed by atoms with Gasteiger partial charge in [-0.25, -0.2) is 9.52 Å². The SMILES string of the molecule is COC(=O)NS(=O)(=O)N(CC(N)=NO)C1CCCC1. The van der Waals surface area contributed by atoms with Crippen molar-refractivity contribution in [2.24, 2.45) is 10.9 Å². The molecule has 0 aromatic heterocycles. The fourth-order valence-corrected chi connectivity index (χ4v) is 3.32. The van der Waals surface area contributed by atoms with E-state index >= 15 is 0 Å². The van der Waals surface area contributed by atoms with Crippen molar-refractivity contribution < 1.29 is 23.2 Å². The van der Waals surface area contributed by atoms with Crippen LogP contribution in [-0.2, 0) is 14.9 Å². The third kappa shape index (κ3) is 4.24. The third-order valence-corrected chi connectivity index (χ3v) is 4.35. The molecule has 1 rings (SSSR count). The van der Waals surface area contributed by atoms with Gasteiger partial charge < -0.3 is 15.7 Å². The van der Waals surface area contributed by atoms with Crippen molar-refractivity contribution in [2.45, 2.75) is 31.7 Å². The van der Waals surface area contributed by atoms with Gasteiger partial charge in [0.2, 0.25) is 0 Å². The van der Waals surface area contributed by atoms with Crippen LogP contribution in [-0.4, -0.2) is 49.6 Å². The maximum Gasteiger partial charge on any atom is 0.421 e. The lowest BCUT2D eigenvalue weighted by molar-refractivity contribution is 0.176. The summed E-state index contributed by atoms with van der Waals surface area (Å²) < 4.78 is 31.2. The average molecular weight is 294 g/mol. The number of nitrogens with one attached hydrogen (secondary N) is 1. The minimum absolute atomic E-state index is 0.248. The van der Waals surface area contributed by atoms with Crippen LogP contribution in [0.25, 0.3) is 0 Å². The van der Waals surface area contributed by atoms with Gasteiger partial charge in [0.15, 0.2) is 5.84 Å². The zero-order chi connectivity index (χ0) is 14.5. The van der Waals surface area contributed by atoms with Crippen molar-refractivity contribution in [3.63, 3.8) is 0 Å². The maximum absolute atomic E-state index is 12.1. The van der Waals surface area contributed by atoms with E-state index in [1.807, 2.05) is 0 Å². The van der Waals surface area contributed by atoms with Crippen molar-refractivity contribution in [3.8, 4) is 0 Å². The molecule has 9 nitrogen and oxygen atoms in total. The van der Waals surface area contributed by atoms with E-state index in [4.69, 9.17) is 10.9 Å². The van der Waals surface area contributed by atoms with Crippen LogP contribution in [0, 0.1) is 0 Å². The second-order valence-corrected chi connectivity index (χ2v) is 5.80. The topological polar surface area (TPSA) is 134 Å². The second-order valence-electron chi connectivity index (χ2n) is 4.17. The molecule has 0 spiro atoms. The number of carbonyl (C=O) groups is 1. The molecule has 110 valence electrons. The fourth-order valence-electron chi connectivity index (χ4n) is 2.00. The Morgan fingerprint density at radius 1 is 1.53 bits per heavy atom. The van der Waals surface area contributed by atoms with Crippen LogP contribution in [0.4, 0.5) is 4.79 Å². The number of nitrogens with two attached hydrogens (primary N) is 1. The van der Waals surface area contributed by atoms with Crippen molar-refractivity contribution in [2.75, 3.05) is 13.7 Å². The molecule has 1 saturated carbocycles. The smallest absolute Gasteiger partial charge is 0.421 e. The van der Waals surface area contributed by atoms with E-state index in [0.717, 1.165) is 24.3 Å². The molecule has 0 unspecified atom stereocenters. The molecule has 0 radical (unpaired) electrons. The van der Waals surface area contributed by atoms with Gasteiger partial charge in [-0.05, 0) is 12.8 Å². The largest absolute Gasteiger partial charge is 0.452 e. The van der Waals surface area contributed by atoms with Crippen LogP contribution >= 0.6 is 0 Å². The van der Waals surface area contributed by atoms with Gasteiger partial charge in [-0.3, -0.25) is 0 Å². The molecular formula is C9H18N4O5S. The maximum atomic E-state index is 12.1. The molecule has 0 heterocycles. The molecule has 1 amide bonds. The minimum Gasteiger partial charge on any atom is -0.452 e. The van der Waals surface area contributed by atoms with Gasteiger partial charge in [0.25, 0.3) is 0 Å². The van der Waals surface area contributed by atoms with E-state index in [-0.39, 0.29) is 18.4 Å². The molecule has 1 aliphatic rings. The molecule has 0 saturated heterocycles. The molecule has 0 aromatic carbocycles. The Hall–Kier alpha value is -1.55. The van der Waals surface area contributed by atoms with Crippen molar-refractivity contribution in [1.29, 1.82) is 0 Å². The summed E-state index contributed by atoms with van der Waals surface area (Å²) in [4.78, 5) is 11.1. The number of oxime groups is 1. The minimum atomic E-state index is -4.09. The van der Waals surface area contributed by atoms with E-state index in [0.29, 0.717) is 12.8 Å². The number of nitrogens with zero attached hydrogens (tertiary/aromatic N) is 2. The van der Waals surface area contributed by atoms with Crippen LogP contribution in [0.1, 0.15) is 25.7 Å². The van der Waals surface area contributed by atoms with E-state index in [1.54, 1.807) is 4.72 Å². The molecule has 0 aliphatic heterocycles. The molecule has 0 atom stereocenters. The van der Waals surface area contributed by atoms with Crippen molar-refractivity contribution in [1.82, 2.24) is 9.03 Å². The summed E-state index contributed by atoms with van der Waals surface area (Å²) in [6, 6.07) is -0.276. The van der Waals surface area contributed by atoms with E-state index < -0.39 is 16.3 Å². The lowest BCUT2D eigenvalue weighted by Crippen LogP contribution is -2.50. The highest BCUT2D eigenvalue weighted by Crippen LogP contribution is 2.25. The number of methoxy groups -OCH3 is 1. The number of ether oxygens (including phenoxy) is 1. The van der Waals surface area contributed by atoms with Crippen LogP contribution < -0.4 is 10.5 Å². The first-order chi connectivity index (χ1) is 8.90. The summed E-state index contributed by atoms with van der Waals surface area (Å²) in [5.74, 6) is -0.248. The lowest BCUT2D eigenvalue weighted by atomic mass is 10.2. The highest BCUT2D eigenvalue weighted by Gasteiger charge is 2.34. The first kappa shape index (κ1) is 15.5. The molecule has 1 aliphatic carbocycles. The Kier molecular flexibility index (Phi) is 5.36. The second kappa shape index (κ2) is 6.57. The number of carbonyl (C=O) groups excluding carboxylic acids is 1. The van der Waals surface area contributed by atoms with E-state index in [1.165, 1.54) is 0 Å². The van der Waals surface area contributed by atoms with Crippen molar-refractivity contribution >= 4 is 22.1 Å². The predicted molar refractivity (Wildman–Crippen MR) is 66.8 cm³/mol. The van der Waals surface area contributed by atoms with Crippen molar-refractivity contribution in [3.05, 3.63) is 0 Å². The fraction of sp³-hybridized carbons (Fsp3) is 0.778. The highest BCUT2D eigenvalue weighted by molar-refractivity contribution is 7.87. The monoisotopic (exact) mass is 294 g/mol. The molecule has 19 heavy (non-hydrogen) atoms. The van der Waals surface area contributed by atoms with E-state index in [9.17, 15) is 13.2 Å². The number of amidine groups is 1. The number of amides is 1. The number of hydrogen-bond acceptors (Lipinski definition) is 6. The molecule has 0 bridgehead atoms. The van der Waals surface area contributed by atoms with Crippen LogP contribution in [0.3, 0.4) is 0 Å². The van der Waals surface area contributed by atoms with E-state index in [2.05, 4.69) is 9.89 Å².